The summed E-state index contributed by atoms with van der Waals surface area (Å²) in [5.74, 6) is 1.53. The van der Waals surface area contributed by atoms with Crippen LogP contribution in [0.3, 0.4) is 0 Å². The molecule has 2 aromatic heterocycles. The van der Waals surface area contributed by atoms with Crippen molar-refractivity contribution in [3.8, 4) is 22.5 Å². The molecular weight excluding hydrogens is 585 g/mol. The molecule has 5 aromatic rings. The Morgan fingerprint density at radius 1 is 0.438 bits per heavy atom. The first-order valence-electron chi connectivity index (χ1n) is 17.4. The lowest BCUT2D eigenvalue weighted by Gasteiger charge is -2.17. The first-order valence-corrected chi connectivity index (χ1v) is 17.4. The summed E-state index contributed by atoms with van der Waals surface area (Å²) in [6.07, 6.45) is 0. The van der Waals surface area contributed by atoms with Crippen LogP contribution in [0.15, 0.2) is 107 Å². The van der Waals surface area contributed by atoms with E-state index >= 15 is 0 Å². The fraction of sp³-hybridized carbons (Fsp3) is 0.318. The summed E-state index contributed by atoms with van der Waals surface area (Å²) in [7, 11) is 0. The monoisotopic (exact) mass is 634 g/mol. The standard InChI is InChI=1S/C44H50N4/c1-27(2)35-18-12-19-36(28(3)4)43(35)45-31(9)39-22-14-24-41(47-39)33-16-11-17-34(26-33)42-25-15-23-40(48-42)32(10)46-44-37(29(5)6)20-13-21-38(44)30(7)8/h11-30H,1-10H3. The van der Waals surface area contributed by atoms with E-state index in [0.29, 0.717) is 23.7 Å². The van der Waals surface area contributed by atoms with Gasteiger partial charge in [0, 0.05) is 11.1 Å². The molecule has 0 saturated heterocycles. The highest BCUT2D eigenvalue weighted by atomic mass is 14.8. The average Bonchev–Trinajstić information content (AvgIpc) is 3.08. The molecule has 4 nitrogen and oxygen atoms in total. The molecule has 0 aliphatic heterocycles. The van der Waals surface area contributed by atoms with E-state index in [-0.39, 0.29) is 0 Å². The van der Waals surface area contributed by atoms with E-state index < -0.39 is 0 Å². The fourth-order valence-corrected chi connectivity index (χ4v) is 6.16. The summed E-state index contributed by atoms with van der Waals surface area (Å²) in [5.41, 5.74) is 14.7. The molecule has 0 saturated carbocycles. The van der Waals surface area contributed by atoms with Gasteiger partial charge >= 0.3 is 0 Å². The van der Waals surface area contributed by atoms with Crippen molar-refractivity contribution in [3.63, 3.8) is 0 Å². The third-order valence-electron chi connectivity index (χ3n) is 8.94. The first-order chi connectivity index (χ1) is 22.9. The van der Waals surface area contributed by atoms with Gasteiger partial charge in [0.25, 0.3) is 0 Å². The molecule has 0 fully saturated rings. The maximum absolute atomic E-state index is 5.19. The van der Waals surface area contributed by atoms with Crippen molar-refractivity contribution in [1.82, 2.24) is 9.97 Å². The molecule has 3 aromatic carbocycles. The van der Waals surface area contributed by atoms with Crippen LogP contribution in [0.4, 0.5) is 11.4 Å². The lowest BCUT2D eigenvalue weighted by Crippen LogP contribution is -2.02. The zero-order valence-electron chi connectivity index (χ0n) is 30.3. The van der Waals surface area contributed by atoms with Crippen LogP contribution in [-0.2, 0) is 0 Å². The highest BCUT2D eigenvalue weighted by molar-refractivity contribution is 6.00. The number of aliphatic imine (C=N–C) groups is 2. The predicted octanol–water partition coefficient (Wildman–Crippen LogP) is 12.6. The van der Waals surface area contributed by atoms with Gasteiger partial charge in [-0.25, -0.2) is 9.97 Å². The number of hydrogen-bond acceptors (Lipinski definition) is 4. The highest BCUT2D eigenvalue weighted by Gasteiger charge is 2.16. The van der Waals surface area contributed by atoms with Gasteiger partial charge < -0.3 is 0 Å². The molecule has 4 heteroatoms. The molecule has 0 radical (unpaired) electrons. The van der Waals surface area contributed by atoms with Crippen LogP contribution in [0, 0.1) is 0 Å². The van der Waals surface area contributed by atoms with Crippen LogP contribution in [0.1, 0.15) is 127 Å². The second-order valence-electron chi connectivity index (χ2n) is 14.0. The Morgan fingerprint density at radius 2 is 0.750 bits per heavy atom. The van der Waals surface area contributed by atoms with Crippen LogP contribution in [0.25, 0.3) is 22.5 Å². The van der Waals surface area contributed by atoms with Gasteiger partial charge in [0.15, 0.2) is 0 Å². The Balaban J connectivity index is 1.48. The third-order valence-corrected chi connectivity index (χ3v) is 8.94. The van der Waals surface area contributed by atoms with Gasteiger partial charge in [0.05, 0.1) is 45.6 Å². The summed E-state index contributed by atoms with van der Waals surface area (Å²) in [5, 5.41) is 0. The molecule has 0 bridgehead atoms. The summed E-state index contributed by atoms with van der Waals surface area (Å²) >= 11 is 0. The quantitative estimate of drug-likeness (QED) is 0.144. The number of nitrogens with zero attached hydrogens (tertiary/aromatic N) is 4. The van der Waals surface area contributed by atoms with Crippen molar-refractivity contribution in [2.24, 2.45) is 9.98 Å². The van der Waals surface area contributed by atoms with E-state index in [1.54, 1.807) is 0 Å². The van der Waals surface area contributed by atoms with Gasteiger partial charge in [-0.2, -0.15) is 0 Å². The fourth-order valence-electron chi connectivity index (χ4n) is 6.16. The van der Waals surface area contributed by atoms with Crippen molar-refractivity contribution >= 4 is 22.8 Å². The van der Waals surface area contributed by atoms with Gasteiger partial charge in [0.2, 0.25) is 0 Å². The van der Waals surface area contributed by atoms with Crippen LogP contribution in [-0.4, -0.2) is 21.4 Å². The number of aromatic nitrogens is 2. The van der Waals surface area contributed by atoms with Crippen molar-refractivity contribution in [3.05, 3.63) is 131 Å². The molecule has 0 atom stereocenters. The molecule has 0 aliphatic rings. The second kappa shape index (κ2) is 15.0. The number of pyridine rings is 2. The van der Waals surface area contributed by atoms with E-state index in [1.165, 1.54) is 22.3 Å². The Kier molecular flexibility index (Phi) is 10.8. The van der Waals surface area contributed by atoms with Crippen molar-refractivity contribution in [1.29, 1.82) is 0 Å². The summed E-state index contributed by atoms with van der Waals surface area (Å²) < 4.78 is 0. The van der Waals surface area contributed by atoms with Crippen molar-refractivity contribution in [2.75, 3.05) is 0 Å². The number of rotatable bonds is 10. The summed E-state index contributed by atoms with van der Waals surface area (Å²) in [4.78, 5) is 20.6. The van der Waals surface area contributed by atoms with E-state index in [2.05, 4.69) is 166 Å². The minimum Gasteiger partial charge on any atom is -0.251 e. The lowest BCUT2D eigenvalue weighted by atomic mass is 9.93. The highest BCUT2D eigenvalue weighted by Crippen LogP contribution is 2.37. The van der Waals surface area contributed by atoms with Gasteiger partial charge in [-0.15, -0.1) is 0 Å². The van der Waals surface area contributed by atoms with Gasteiger partial charge in [0.1, 0.15) is 0 Å². The number of hydrogen-bond donors (Lipinski definition) is 0. The van der Waals surface area contributed by atoms with Gasteiger partial charge in [-0.1, -0.05) is 122 Å². The Morgan fingerprint density at radius 3 is 1.08 bits per heavy atom. The smallest absolute Gasteiger partial charge is 0.0849 e. The average molecular weight is 635 g/mol. The molecule has 0 N–H and O–H groups in total. The van der Waals surface area contributed by atoms with Crippen LogP contribution < -0.4 is 0 Å². The lowest BCUT2D eigenvalue weighted by molar-refractivity contribution is 0.834. The summed E-state index contributed by atoms with van der Waals surface area (Å²) in [6, 6.07) is 33.9. The summed E-state index contributed by atoms with van der Waals surface area (Å²) in [6.45, 7) is 22.0. The Bertz CT molecular complexity index is 1770. The molecule has 0 amide bonds. The van der Waals surface area contributed by atoms with Crippen LogP contribution in [0.2, 0.25) is 0 Å². The van der Waals surface area contributed by atoms with Crippen LogP contribution in [0.5, 0.6) is 0 Å². The van der Waals surface area contributed by atoms with Crippen molar-refractivity contribution < 1.29 is 0 Å². The predicted molar refractivity (Wildman–Crippen MR) is 206 cm³/mol. The first kappa shape index (κ1) is 34.6. The van der Waals surface area contributed by atoms with E-state index in [4.69, 9.17) is 20.0 Å². The largest absolute Gasteiger partial charge is 0.251 e. The zero-order chi connectivity index (χ0) is 34.5. The topological polar surface area (TPSA) is 50.5 Å². The van der Waals surface area contributed by atoms with E-state index in [1.807, 2.05) is 0 Å². The Hall–Kier alpha value is -4.70. The number of para-hydroxylation sites is 2. The molecule has 246 valence electrons. The van der Waals surface area contributed by atoms with Gasteiger partial charge in [-0.3, -0.25) is 9.98 Å². The van der Waals surface area contributed by atoms with Crippen molar-refractivity contribution in [2.45, 2.75) is 92.9 Å². The third kappa shape index (κ3) is 7.71. The maximum Gasteiger partial charge on any atom is 0.0849 e. The van der Waals surface area contributed by atoms with E-state index in [9.17, 15) is 0 Å². The molecule has 2 heterocycles. The minimum absolute atomic E-state index is 0.382. The minimum atomic E-state index is 0.382. The SMILES string of the molecule is CC(=Nc1c(C(C)C)cccc1C(C)C)c1cccc(-c2cccc(-c3cccc(C(C)=Nc4c(C(C)C)cccc4C(C)C)n3)c2)n1. The molecule has 0 spiro atoms. The zero-order valence-corrected chi connectivity index (χ0v) is 30.3. The maximum atomic E-state index is 5.19. The molecule has 5 rings (SSSR count). The normalized spacial score (nSPS) is 12.5. The second-order valence-corrected chi connectivity index (χ2v) is 14.0. The molecular formula is C44H50N4. The van der Waals surface area contributed by atoms with Crippen LogP contribution >= 0.6 is 0 Å². The number of benzene rings is 3. The Labute approximate surface area is 288 Å². The molecule has 0 unspecified atom stereocenters. The molecule has 0 aliphatic carbocycles. The molecule has 48 heavy (non-hydrogen) atoms. The van der Waals surface area contributed by atoms with E-state index in [0.717, 1.165) is 56.7 Å². The van der Waals surface area contributed by atoms with Gasteiger partial charge in [-0.05, 0) is 90.1 Å².